The van der Waals surface area contributed by atoms with Crippen LogP contribution in [0.2, 0.25) is 0 Å². The number of amides is 4. The first kappa shape index (κ1) is 22.6. The molecular weight excluding hydrogens is 426 g/mol. The van der Waals surface area contributed by atoms with Gasteiger partial charge in [-0.05, 0) is 49.9 Å². The molecule has 0 fully saturated rings. The van der Waals surface area contributed by atoms with Gasteiger partial charge in [0, 0.05) is 46.1 Å². The van der Waals surface area contributed by atoms with Gasteiger partial charge >= 0.3 is 5.97 Å². The Hall–Kier alpha value is -3.59. The Morgan fingerprint density at radius 1 is 0.788 bits per heavy atom. The maximum Gasteiger partial charge on any atom is 0.320 e. The lowest BCUT2D eigenvalue weighted by Crippen LogP contribution is -2.43. The molecule has 0 spiro atoms. The van der Waals surface area contributed by atoms with Crippen molar-refractivity contribution in [1.82, 2.24) is 9.80 Å². The first-order valence-corrected chi connectivity index (χ1v) is 11.1. The number of rotatable bonds is 9. The zero-order chi connectivity index (χ0) is 23.9. The minimum absolute atomic E-state index is 0.122. The van der Waals surface area contributed by atoms with Gasteiger partial charge in [0.1, 0.15) is 6.04 Å². The van der Waals surface area contributed by atoms with Crippen LogP contribution in [0, 0.1) is 0 Å². The number of nitrogens with two attached hydrogens (primary N) is 1. The van der Waals surface area contributed by atoms with Crippen LogP contribution >= 0.6 is 0 Å². The molecule has 0 saturated carbocycles. The van der Waals surface area contributed by atoms with E-state index in [0.717, 1.165) is 11.3 Å². The van der Waals surface area contributed by atoms with E-state index in [0.29, 0.717) is 47.7 Å². The Labute approximate surface area is 190 Å². The summed E-state index contributed by atoms with van der Waals surface area (Å²) in [4.78, 5) is 65.6. The number of imide groups is 2. The Balaban J connectivity index is 1.66. The molecule has 2 aromatic rings. The summed E-state index contributed by atoms with van der Waals surface area (Å²) in [6.45, 7) is 2.41. The molecule has 2 aromatic carbocycles. The molecule has 2 aliphatic rings. The molecule has 2 aliphatic heterocycles. The van der Waals surface area contributed by atoms with Crippen LogP contribution in [0.4, 0.5) is 0 Å². The van der Waals surface area contributed by atoms with Gasteiger partial charge in [0.15, 0.2) is 0 Å². The van der Waals surface area contributed by atoms with E-state index in [2.05, 4.69) is 0 Å². The first-order valence-electron chi connectivity index (χ1n) is 11.1. The van der Waals surface area contributed by atoms with Crippen molar-refractivity contribution in [1.29, 1.82) is 0 Å². The van der Waals surface area contributed by atoms with Gasteiger partial charge in [-0.1, -0.05) is 13.3 Å². The molecule has 0 radical (unpaired) electrons. The molecule has 1 atom stereocenters. The van der Waals surface area contributed by atoms with E-state index in [4.69, 9.17) is 10.8 Å². The maximum absolute atomic E-state index is 13.2. The molecule has 0 aliphatic carbocycles. The van der Waals surface area contributed by atoms with Crippen molar-refractivity contribution in [3.63, 3.8) is 0 Å². The summed E-state index contributed by atoms with van der Waals surface area (Å²) >= 11 is 0. The van der Waals surface area contributed by atoms with E-state index in [1.54, 1.807) is 24.3 Å². The molecule has 9 heteroatoms. The monoisotopic (exact) mass is 451 g/mol. The minimum atomic E-state index is -1.09. The van der Waals surface area contributed by atoms with Crippen molar-refractivity contribution < 1.29 is 29.1 Å². The third-order valence-corrected chi connectivity index (χ3v) is 6.26. The minimum Gasteiger partial charge on any atom is -0.480 e. The standard InChI is InChI=1S/C24H25N3O6/c1-2-3-11-26-20(28)13-7-9-15-19-16(10-8-14(18(13)19)21(26)29)23(31)27(22(15)30)12-5-4-6-17(25)24(32)33/h7-10,17H,2-6,11-12,25H2,1H3,(H,32,33). The van der Waals surface area contributed by atoms with Crippen LogP contribution < -0.4 is 5.73 Å². The fourth-order valence-electron chi connectivity index (χ4n) is 4.45. The molecule has 1 unspecified atom stereocenters. The summed E-state index contributed by atoms with van der Waals surface area (Å²) in [5.74, 6) is -2.91. The highest BCUT2D eigenvalue weighted by Gasteiger charge is 2.39. The highest BCUT2D eigenvalue weighted by Crippen LogP contribution is 2.37. The van der Waals surface area contributed by atoms with Gasteiger partial charge in [-0.3, -0.25) is 33.8 Å². The van der Waals surface area contributed by atoms with Crippen LogP contribution in [-0.4, -0.2) is 63.6 Å². The molecule has 4 amide bonds. The average Bonchev–Trinajstić information content (AvgIpc) is 2.80. The van der Waals surface area contributed by atoms with Gasteiger partial charge in [0.2, 0.25) is 0 Å². The van der Waals surface area contributed by atoms with E-state index >= 15 is 0 Å². The second-order valence-electron chi connectivity index (χ2n) is 8.39. The van der Waals surface area contributed by atoms with Gasteiger partial charge in [-0.15, -0.1) is 0 Å². The molecule has 0 saturated heterocycles. The molecule has 0 aromatic heterocycles. The molecule has 33 heavy (non-hydrogen) atoms. The predicted molar refractivity (Wildman–Crippen MR) is 119 cm³/mol. The normalized spacial score (nSPS) is 16.1. The number of hydrogen-bond acceptors (Lipinski definition) is 6. The highest BCUT2D eigenvalue weighted by molar-refractivity contribution is 6.33. The molecule has 4 rings (SSSR count). The van der Waals surface area contributed by atoms with Crippen molar-refractivity contribution in [2.75, 3.05) is 13.1 Å². The number of carbonyl (C=O) groups is 5. The number of hydrogen-bond donors (Lipinski definition) is 2. The molecule has 3 N–H and O–H groups in total. The SMILES string of the molecule is CCCCN1C(=O)c2ccc3c4c(ccc(c24)C1=O)C(=O)N(CCCCC(N)C(=O)O)C3=O. The number of aliphatic carboxylic acids is 1. The summed E-state index contributed by atoms with van der Waals surface area (Å²) in [6.07, 6.45) is 2.62. The number of carboxylic acid groups (broad SMARTS) is 1. The van der Waals surface area contributed by atoms with Crippen molar-refractivity contribution >= 4 is 40.4 Å². The second-order valence-corrected chi connectivity index (χ2v) is 8.39. The van der Waals surface area contributed by atoms with E-state index in [9.17, 15) is 24.0 Å². The molecule has 9 nitrogen and oxygen atoms in total. The lowest BCUT2D eigenvalue weighted by Gasteiger charge is -2.32. The van der Waals surface area contributed by atoms with E-state index in [1.165, 1.54) is 4.90 Å². The predicted octanol–water partition coefficient (Wildman–Crippen LogP) is 2.41. The van der Waals surface area contributed by atoms with Crippen LogP contribution in [0.5, 0.6) is 0 Å². The summed E-state index contributed by atoms with van der Waals surface area (Å²) in [6, 6.07) is 5.20. The molecule has 0 bridgehead atoms. The maximum atomic E-state index is 13.2. The van der Waals surface area contributed by atoms with Gasteiger partial charge in [-0.2, -0.15) is 0 Å². The van der Waals surface area contributed by atoms with Gasteiger partial charge in [-0.25, -0.2) is 0 Å². The third-order valence-electron chi connectivity index (χ3n) is 6.26. The second kappa shape index (κ2) is 8.74. The van der Waals surface area contributed by atoms with E-state index in [-0.39, 0.29) is 24.1 Å². The fraction of sp³-hybridized carbons (Fsp3) is 0.375. The number of benzene rings is 2. The quantitative estimate of drug-likeness (QED) is 0.441. The van der Waals surface area contributed by atoms with Crippen LogP contribution in [0.3, 0.4) is 0 Å². The summed E-state index contributed by atoms with van der Waals surface area (Å²) < 4.78 is 0. The zero-order valence-electron chi connectivity index (χ0n) is 18.3. The van der Waals surface area contributed by atoms with Crippen LogP contribution in [-0.2, 0) is 4.79 Å². The van der Waals surface area contributed by atoms with E-state index < -0.39 is 35.6 Å². The lowest BCUT2D eigenvalue weighted by atomic mass is 9.86. The van der Waals surface area contributed by atoms with Crippen molar-refractivity contribution in [3.8, 4) is 0 Å². The molecular formula is C24H25N3O6. The van der Waals surface area contributed by atoms with Crippen LogP contribution in [0.1, 0.15) is 80.5 Å². The first-order chi connectivity index (χ1) is 15.8. The summed E-state index contributed by atoms with van der Waals surface area (Å²) in [5.41, 5.74) is 6.69. The topological polar surface area (TPSA) is 138 Å². The molecule has 172 valence electrons. The average molecular weight is 451 g/mol. The van der Waals surface area contributed by atoms with Crippen LogP contribution in [0.25, 0.3) is 10.8 Å². The Bertz CT molecular complexity index is 1130. The van der Waals surface area contributed by atoms with Crippen molar-refractivity contribution in [3.05, 3.63) is 46.5 Å². The Morgan fingerprint density at radius 2 is 1.18 bits per heavy atom. The lowest BCUT2D eigenvalue weighted by molar-refractivity contribution is -0.138. The van der Waals surface area contributed by atoms with Crippen molar-refractivity contribution in [2.45, 2.75) is 45.1 Å². The van der Waals surface area contributed by atoms with Crippen molar-refractivity contribution in [2.24, 2.45) is 5.73 Å². The van der Waals surface area contributed by atoms with Crippen LogP contribution in [0.15, 0.2) is 24.3 Å². The Morgan fingerprint density at radius 3 is 1.55 bits per heavy atom. The smallest absolute Gasteiger partial charge is 0.320 e. The largest absolute Gasteiger partial charge is 0.480 e. The summed E-state index contributed by atoms with van der Waals surface area (Å²) in [5, 5.41) is 9.59. The molecule has 2 heterocycles. The number of nitrogens with zero attached hydrogens (tertiary/aromatic N) is 2. The van der Waals surface area contributed by atoms with E-state index in [1.807, 2.05) is 6.92 Å². The highest BCUT2D eigenvalue weighted by atomic mass is 16.4. The number of carboxylic acids is 1. The Kier molecular flexibility index (Phi) is 5.99. The zero-order valence-corrected chi connectivity index (χ0v) is 18.3. The summed E-state index contributed by atoms with van der Waals surface area (Å²) in [7, 11) is 0. The van der Waals surface area contributed by atoms with Gasteiger partial charge in [0.05, 0.1) is 0 Å². The van der Waals surface area contributed by atoms with Gasteiger partial charge < -0.3 is 10.8 Å². The van der Waals surface area contributed by atoms with Gasteiger partial charge in [0.25, 0.3) is 23.6 Å². The fourth-order valence-corrected chi connectivity index (χ4v) is 4.45. The number of carbonyl (C=O) groups excluding carboxylic acids is 4. The number of unbranched alkanes of at least 4 members (excludes halogenated alkanes) is 2. The third kappa shape index (κ3) is 3.68.